The molecule has 0 aliphatic heterocycles. The Hall–Kier alpha value is -3.21. The maximum absolute atomic E-state index is 12.3. The highest BCUT2D eigenvalue weighted by molar-refractivity contribution is 5.84. The molecule has 27 heavy (non-hydrogen) atoms. The molecule has 1 unspecified atom stereocenters. The first-order valence-electron chi connectivity index (χ1n) is 8.84. The highest BCUT2D eigenvalue weighted by Gasteiger charge is 2.13. The molecule has 0 saturated carbocycles. The number of hydrogen-bond donors (Lipinski definition) is 2. The summed E-state index contributed by atoms with van der Waals surface area (Å²) < 4.78 is 10.6. The van der Waals surface area contributed by atoms with Gasteiger partial charge in [-0.2, -0.15) is 0 Å². The third-order valence-electron chi connectivity index (χ3n) is 4.52. The van der Waals surface area contributed by atoms with Gasteiger partial charge in [0.1, 0.15) is 11.5 Å². The number of carbonyl (C=O) groups excluding carboxylic acids is 1. The van der Waals surface area contributed by atoms with Gasteiger partial charge in [0.05, 0.1) is 20.3 Å². The summed E-state index contributed by atoms with van der Waals surface area (Å²) in [5, 5.41) is 8.07. The zero-order valence-corrected chi connectivity index (χ0v) is 15.8. The van der Waals surface area contributed by atoms with Gasteiger partial charge in [-0.3, -0.25) is 0 Å². The molecule has 0 fully saturated rings. The number of nitrogens with one attached hydrogen (secondary N) is 2. The number of para-hydroxylation sites is 1. The topological polar surface area (TPSA) is 59.6 Å². The summed E-state index contributed by atoms with van der Waals surface area (Å²) in [6.45, 7) is 2.38. The van der Waals surface area contributed by atoms with Gasteiger partial charge in [0.15, 0.2) is 0 Å². The van der Waals surface area contributed by atoms with Crippen molar-refractivity contribution < 1.29 is 14.3 Å². The average Bonchev–Trinajstić information content (AvgIpc) is 2.71. The number of fused-ring (bicyclic) bond motifs is 1. The van der Waals surface area contributed by atoms with Crippen LogP contribution in [0.5, 0.6) is 11.5 Å². The molecule has 0 heterocycles. The summed E-state index contributed by atoms with van der Waals surface area (Å²) in [4.78, 5) is 12.3. The van der Waals surface area contributed by atoms with Crippen LogP contribution in [0.3, 0.4) is 0 Å². The van der Waals surface area contributed by atoms with Gasteiger partial charge >= 0.3 is 6.03 Å². The minimum Gasteiger partial charge on any atom is -0.497 e. The maximum Gasteiger partial charge on any atom is 0.315 e. The molecule has 3 aromatic carbocycles. The molecule has 2 N–H and O–H groups in total. The van der Waals surface area contributed by atoms with Crippen LogP contribution < -0.4 is 20.1 Å². The van der Waals surface area contributed by atoms with Crippen molar-refractivity contribution in [3.8, 4) is 11.5 Å². The van der Waals surface area contributed by atoms with Gasteiger partial charge in [-0.1, -0.05) is 36.4 Å². The average molecular weight is 364 g/mol. The summed E-state index contributed by atoms with van der Waals surface area (Å²) in [5.41, 5.74) is 1.97. The minimum atomic E-state index is -0.219. The highest BCUT2D eigenvalue weighted by atomic mass is 16.5. The lowest BCUT2D eigenvalue weighted by atomic mass is 10.1. The Labute approximate surface area is 159 Å². The second-order valence-corrected chi connectivity index (χ2v) is 6.34. The molecule has 5 nitrogen and oxygen atoms in total. The highest BCUT2D eigenvalue weighted by Crippen LogP contribution is 2.24. The molecular weight excluding hydrogens is 340 g/mol. The van der Waals surface area contributed by atoms with Crippen LogP contribution in [0.25, 0.3) is 10.8 Å². The van der Waals surface area contributed by atoms with E-state index in [4.69, 9.17) is 9.47 Å². The summed E-state index contributed by atoms with van der Waals surface area (Å²) in [7, 11) is 3.28. The SMILES string of the molecule is COc1ccc2cc(CNC(=O)NC(C)c3ccccc3OC)ccc2c1. The molecule has 0 saturated heterocycles. The Morgan fingerprint density at radius 1 is 0.963 bits per heavy atom. The van der Waals surface area contributed by atoms with E-state index in [2.05, 4.69) is 16.7 Å². The fourth-order valence-electron chi connectivity index (χ4n) is 3.04. The van der Waals surface area contributed by atoms with Crippen molar-refractivity contribution in [3.63, 3.8) is 0 Å². The third kappa shape index (κ3) is 4.50. The summed E-state index contributed by atoms with van der Waals surface area (Å²) in [6, 6.07) is 19.3. The van der Waals surface area contributed by atoms with Crippen molar-refractivity contribution in [3.05, 3.63) is 71.8 Å². The Bertz CT molecular complexity index is 940. The molecular formula is C22H24N2O3. The van der Waals surface area contributed by atoms with Gasteiger partial charge in [-0.15, -0.1) is 0 Å². The lowest BCUT2D eigenvalue weighted by molar-refractivity contribution is 0.237. The fraction of sp³-hybridized carbons (Fsp3) is 0.227. The maximum atomic E-state index is 12.3. The predicted molar refractivity (Wildman–Crippen MR) is 107 cm³/mol. The van der Waals surface area contributed by atoms with Gasteiger partial charge in [0, 0.05) is 12.1 Å². The number of carbonyl (C=O) groups is 1. The summed E-state index contributed by atoms with van der Waals surface area (Å²) in [6.07, 6.45) is 0. The van der Waals surface area contributed by atoms with E-state index in [-0.39, 0.29) is 12.1 Å². The quantitative estimate of drug-likeness (QED) is 0.681. The van der Waals surface area contributed by atoms with Crippen molar-refractivity contribution in [1.29, 1.82) is 0 Å². The molecule has 2 amide bonds. The standard InChI is InChI=1S/C22H24N2O3/c1-15(20-6-4-5-7-21(20)27-3)24-22(25)23-14-16-8-9-18-13-19(26-2)11-10-17(18)12-16/h4-13,15H,14H2,1-3H3,(H2,23,24,25). The summed E-state index contributed by atoms with van der Waals surface area (Å²) >= 11 is 0. The van der Waals surface area contributed by atoms with Crippen LogP contribution in [0.1, 0.15) is 24.1 Å². The first kappa shape index (κ1) is 18.6. The minimum absolute atomic E-state index is 0.162. The second kappa shape index (κ2) is 8.45. The molecule has 3 rings (SSSR count). The van der Waals surface area contributed by atoms with Gasteiger partial charge in [0.25, 0.3) is 0 Å². The predicted octanol–water partition coefficient (Wildman–Crippen LogP) is 4.42. The lowest BCUT2D eigenvalue weighted by Crippen LogP contribution is -2.36. The number of amides is 2. The van der Waals surface area contributed by atoms with E-state index in [9.17, 15) is 4.79 Å². The molecule has 0 aromatic heterocycles. The van der Waals surface area contributed by atoms with E-state index in [0.717, 1.165) is 33.4 Å². The zero-order valence-electron chi connectivity index (χ0n) is 15.8. The first-order chi connectivity index (χ1) is 13.1. The molecule has 0 aliphatic rings. The molecule has 5 heteroatoms. The van der Waals surface area contributed by atoms with Crippen LogP contribution in [-0.2, 0) is 6.54 Å². The number of ether oxygens (including phenoxy) is 2. The number of methoxy groups -OCH3 is 2. The van der Waals surface area contributed by atoms with Gasteiger partial charge in [-0.25, -0.2) is 4.79 Å². The van der Waals surface area contributed by atoms with Crippen molar-refractivity contribution in [1.82, 2.24) is 10.6 Å². The first-order valence-corrected chi connectivity index (χ1v) is 8.84. The third-order valence-corrected chi connectivity index (χ3v) is 4.52. The van der Waals surface area contributed by atoms with Crippen LogP contribution >= 0.6 is 0 Å². The molecule has 0 bridgehead atoms. The monoisotopic (exact) mass is 364 g/mol. The van der Waals surface area contributed by atoms with Crippen LogP contribution in [0.4, 0.5) is 4.79 Å². The normalized spacial score (nSPS) is 11.7. The molecule has 0 aliphatic carbocycles. The lowest BCUT2D eigenvalue weighted by Gasteiger charge is -2.17. The number of benzene rings is 3. The Kier molecular flexibility index (Phi) is 5.81. The van der Waals surface area contributed by atoms with E-state index >= 15 is 0 Å². The number of urea groups is 1. The van der Waals surface area contributed by atoms with Gasteiger partial charge < -0.3 is 20.1 Å². The van der Waals surface area contributed by atoms with Crippen LogP contribution in [-0.4, -0.2) is 20.3 Å². The smallest absolute Gasteiger partial charge is 0.315 e. The largest absolute Gasteiger partial charge is 0.497 e. The van der Waals surface area contributed by atoms with E-state index in [1.54, 1.807) is 14.2 Å². The van der Waals surface area contributed by atoms with Crippen molar-refractivity contribution in [2.75, 3.05) is 14.2 Å². The molecule has 1 atom stereocenters. The van der Waals surface area contributed by atoms with Crippen molar-refractivity contribution in [2.45, 2.75) is 19.5 Å². The Morgan fingerprint density at radius 3 is 2.48 bits per heavy atom. The number of hydrogen-bond acceptors (Lipinski definition) is 3. The van der Waals surface area contributed by atoms with Crippen molar-refractivity contribution in [2.24, 2.45) is 0 Å². The fourth-order valence-corrected chi connectivity index (χ4v) is 3.04. The van der Waals surface area contributed by atoms with E-state index in [0.29, 0.717) is 6.54 Å². The van der Waals surface area contributed by atoms with Crippen LogP contribution in [0.2, 0.25) is 0 Å². The van der Waals surface area contributed by atoms with Crippen molar-refractivity contribution >= 4 is 16.8 Å². The zero-order chi connectivity index (χ0) is 19.2. The van der Waals surface area contributed by atoms with E-state index in [1.807, 2.05) is 61.5 Å². The van der Waals surface area contributed by atoms with E-state index < -0.39 is 0 Å². The summed E-state index contributed by atoms with van der Waals surface area (Å²) in [5.74, 6) is 1.59. The number of rotatable bonds is 6. The Balaban J connectivity index is 1.61. The van der Waals surface area contributed by atoms with Gasteiger partial charge in [0.2, 0.25) is 0 Å². The van der Waals surface area contributed by atoms with E-state index in [1.165, 1.54) is 0 Å². The molecule has 3 aromatic rings. The second-order valence-electron chi connectivity index (χ2n) is 6.34. The molecule has 0 radical (unpaired) electrons. The molecule has 0 spiro atoms. The van der Waals surface area contributed by atoms with Crippen LogP contribution in [0, 0.1) is 0 Å². The van der Waals surface area contributed by atoms with Gasteiger partial charge in [-0.05, 0) is 47.5 Å². The molecule has 140 valence electrons. The Morgan fingerprint density at radius 2 is 1.70 bits per heavy atom. The van der Waals surface area contributed by atoms with Crippen LogP contribution in [0.15, 0.2) is 60.7 Å².